The van der Waals surface area contributed by atoms with E-state index < -0.39 is 5.54 Å². The maximum absolute atomic E-state index is 13.1. The van der Waals surface area contributed by atoms with Crippen molar-refractivity contribution in [1.82, 2.24) is 14.1 Å². The molecule has 7 aromatic rings. The number of esters is 1. The van der Waals surface area contributed by atoms with E-state index in [1.807, 2.05) is 72.7 Å². The van der Waals surface area contributed by atoms with Gasteiger partial charge in [-0.3, -0.25) is 0 Å². The molecule has 5 heteroatoms. The number of benzene rings is 5. The highest BCUT2D eigenvalue weighted by Crippen LogP contribution is 2.41. The number of nitrogens with zero attached hydrogens (tertiary/aromatic N) is 3. The molecule has 0 aliphatic rings. The molecule has 0 atom stereocenters. The largest absolute Gasteiger partial charge is 0.462 e. The van der Waals surface area contributed by atoms with Gasteiger partial charge in [-0.2, -0.15) is 0 Å². The lowest BCUT2D eigenvalue weighted by Gasteiger charge is -2.37. The molecule has 0 spiro atoms. The predicted octanol–water partition coefficient (Wildman–Crippen LogP) is 9.24. The third-order valence-corrected chi connectivity index (χ3v) is 8.62. The zero-order valence-corrected chi connectivity index (χ0v) is 26.2. The second-order valence-corrected chi connectivity index (χ2v) is 11.4. The van der Waals surface area contributed by atoms with E-state index in [1.165, 1.54) is 0 Å². The molecule has 0 radical (unpaired) electrons. The fourth-order valence-corrected chi connectivity index (χ4v) is 6.55. The number of carbonyl (C=O) groups is 1. The minimum absolute atomic E-state index is 0.317. The summed E-state index contributed by atoms with van der Waals surface area (Å²) in [5, 5.41) is 2.22. The van der Waals surface area contributed by atoms with Gasteiger partial charge in [0.15, 0.2) is 0 Å². The van der Waals surface area contributed by atoms with Crippen LogP contribution in [0.5, 0.6) is 0 Å². The van der Waals surface area contributed by atoms with Crippen LogP contribution in [0.3, 0.4) is 0 Å². The summed E-state index contributed by atoms with van der Waals surface area (Å²) >= 11 is 0. The Morgan fingerprint density at radius 2 is 1.30 bits per heavy atom. The van der Waals surface area contributed by atoms with Gasteiger partial charge in [-0.1, -0.05) is 140 Å². The first-order valence-electron chi connectivity index (χ1n) is 15.9. The molecule has 5 aromatic carbocycles. The van der Waals surface area contributed by atoms with Gasteiger partial charge in [0.05, 0.1) is 24.2 Å². The zero-order chi connectivity index (χ0) is 32.1. The van der Waals surface area contributed by atoms with Gasteiger partial charge in [0, 0.05) is 30.7 Å². The van der Waals surface area contributed by atoms with Gasteiger partial charge in [0.25, 0.3) is 0 Å². The van der Waals surface area contributed by atoms with Crippen LogP contribution in [0.15, 0.2) is 164 Å². The Morgan fingerprint density at radius 3 is 1.94 bits per heavy atom. The number of hydrogen-bond donors (Lipinski definition) is 0. The van der Waals surface area contributed by atoms with Crippen molar-refractivity contribution in [3.63, 3.8) is 0 Å². The van der Waals surface area contributed by atoms with Crippen LogP contribution < -0.4 is 0 Å². The number of hydrogen-bond acceptors (Lipinski definition) is 3. The summed E-state index contributed by atoms with van der Waals surface area (Å²) in [6, 6.07) is 46.1. The van der Waals surface area contributed by atoms with E-state index in [0.29, 0.717) is 18.7 Å². The summed E-state index contributed by atoms with van der Waals surface area (Å²) in [6.07, 6.45) is 12.0. The molecule has 0 fully saturated rings. The first-order valence-corrected chi connectivity index (χ1v) is 15.9. The number of allylic oxidation sites excluding steroid dienone is 1. The summed E-state index contributed by atoms with van der Waals surface area (Å²) in [5.74, 6) is -0.323. The quantitative estimate of drug-likeness (QED) is 0.114. The van der Waals surface area contributed by atoms with Crippen molar-refractivity contribution in [3.8, 4) is 11.1 Å². The summed E-state index contributed by atoms with van der Waals surface area (Å²) in [6.45, 7) is 2.71. The van der Waals surface area contributed by atoms with Crippen LogP contribution in [0.4, 0.5) is 0 Å². The Balaban J connectivity index is 1.24. The molecule has 0 aliphatic carbocycles. The molecule has 0 aliphatic heterocycles. The van der Waals surface area contributed by atoms with Gasteiger partial charge in [-0.25, -0.2) is 9.78 Å². The first kappa shape index (κ1) is 29.8. The lowest BCUT2D eigenvalue weighted by Crippen LogP contribution is -2.36. The SMILES string of the molecule is CCOC(=O)c1cn(CC=Cc2cn(C(c3ccccc3)(c3ccccc3)c3ccccc3)cn2)cc1-c1cccc2ccccc12. The molecule has 2 heterocycles. The van der Waals surface area contributed by atoms with E-state index >= 15 is 0 Å². The topological polar surface area (TPSA) is 49.0 Å². The maximum atomic E-state index is 13.1. The molecule has 0 amide bonds. The van der Waals surface area contributed by atoms with Gasteiger partial charge < -0.3 is 13.9 Å². The Hall–Kier alpha value is -5.94. The fraction of sp³-hybridized carbons (Fsp3) is 0.0952. The van der Waals surface area contributed by atoms with Crippen molar-refractivity contribution >= 4 is 22.8 Å². The Kier molecular flexibility index (Phi) is 8.35. The number of carbonyl (C=O) groups excluding carboxylic acids is 1. The molecular formula is C42H35N3O2. The van der Waals surface area contributed by atoms with Crippen molar-refractivity contribution in [1.29, 1.82) is 0 Å². The zero-order valence-electron chi connectivity index (χ0n) is 26.2. The Morgan fingerprint density at radius 1 is 0.702 bits per heavy atom. The molecule has 0 saturated heterocycles. The van der Waals surface area contributed by atoms with Crippen molar-refractivity contribution < 1.29 is 9.53 Å². The molecule has 230 valence electrons. The molecule has 0 bridgehead atoms. The Bertz CT molecular complexity index is 2040. The lowest BCUT2D eigenvalue weighted by atomic mass is 9.77. The highest BCUT2D eigenvalue weighted by atomic mass is 16.5. The van der Waals surface area contributed by atoms with Crippen LogP contribution >= 0.6 is 0 Å². The van der Waals surface area contributed by atoms with Crippen LogP contribution in [-0.4, -0.2) is 26.7 Å². The van der Waals surface area contributed by atoms with Crippen LogP contribution in [0.25, 0.3) is 28.0 Å². The van der Waals surface area contributed by atoms with Gasteiger partial charge in [-0.15, -0.1) is 0 Å². The van der Waals surface area contributed by atoms with Crippen molar-refractivity contribution in [2.24, 2.45) is 0 Å². The number of rotatable bonds is 10. The number of ether oxygens (including phenoxy) is 1. The van der Waals surface area contributed by atoms with E-state index in [4.69, 9.17) is 9.72 Å². The third kappa shape index (κ3) is 5.68. The van der Waals surface area contributed by atoms with Gasteiger partial charge in [-0.05, 0) is 46.0 Å². The van der Waals surface area contributed by atoms with E-state index in [9.17, 15) is 4.79 Å². The minimum Gasteiger partial charge on any atom is -0.462 e. The molecule has 7 rings (SSSR count). The number of aromatic nitrogens is 3. The van der Waals surface area contributed by atoms with Crippen LogP contribution in [0.1, 0.15) is 39.7 Å². The van der Waals surface area contributed by atoms with Crippen LogP contribution in [0, 0.1) is 0 Å². The van der Waals surface area contributed by atoms with Crippen LogP contribution in [-0.2, 0) is 16.8 Å². The number of imidazole rings is 1. The van der Waals surface area contributed by atoms with Crippen molar-refractivity contribution in [2.45, 2.75) is 19.0 Å². The summed E-state index contributed by atoms with van der Waals surface area (Å²) < 4.78 is 9.69. The van der Waals surface area contributed by atoms with E-state index in [2.05, 4.69) is 114 Å². The third-order valence-electron chi connectivity index (χ3n) is 8.62. The van der Waals surface area contributed by atoms with Crippen LogP contribution in [0.2, 0.25) is 0 Å². The fourth-order valence-electron chi connectivity index (χ4n) is 6.55. The van der Waals surface area contributed by atoms with Crippen molar-refractivity contribution in [2.75, 3.05) is 6.61 Å². The molecule has 0 saturated carbocycles. The van der Waals surface area contributed by atoms with E-state index in [1.54, 1.807) is 0 Å². The highest BCUT2D eigenvalue weighted by molar-refractivity contribution is 6.04. The minimum atomic E-state index is -0.620. The van der Waals surface area contributed by atoms with Gasteiger partial charge in [0.1, 0.15) is 5.54 Å². The predicted molar refractivity (Wildman–Crippen MR) is 189 cm³/mol. The van der Waals surface area contributed by atoms with E-state index in [0.717, 1.165) is 44.3 Å². The smallest absolute Gasteiger partial charge is 0.340 e. The highest BCUT2D eigenvalue weighted by Gasteiger charge is 2.38. The normalized spacial score (nSPS) is 11.7. The monoisotopic (exact) mass is 613 g/mol. The summed E-state index contributed by atoms with van der Waals surface area (Å²) in [5.41, 5.74) is 6.07. The molecule has 0 N–H and O–H groups in total. The average Bonchev–Trinajstić information content (AvgIpc) is 3.78. The van der Waals surface area contributed by atoms with E-state index in [-0.39, 0.29) is 5.97 Å². The second-order valence-electron chi connectivity index (χ2n) is 11.4. The molecular weight excluding hydrogens is 578 g/mol. The van der Waals surface area contributed by atoms with Gasteiger partial charge >= 0.3 is 5.97 Å². The maximum Gasteiger partial charge on any atom is 0.340 e. The molecule has 47 heavy (non-hydrogen) atoms. The Labute approximate surface area is 275 Å². The number of fused-ring (bicyclic) bond motifs is 1. The summed E-state index contributed by atoms with van der Waals surface area (Å²) in [4.78, 5) is 17.9. The molecule has 2 aromatic heterocycles. The standard InChI is InChI=1S/C42H35N3O2/c1-2-47-41(46)40-30-44(29-39(40)38-26-14-17-32-16-12-13-25-37(32)38)27-15-24-36-28-45(31-43-36)42(33-18-6-3-7-19-33,34-20-8-4-9-21-34)35-22-10-5-11-23-35/h3-26,28-31H,2,27H2,1H3. The molecule has 0 unspecified atom stereocenters. The lowest BCUT2D eigenvalue weighted by molar-refractivity contribution is 0.0527. The molecule has 5 nitrogen and oxygen atoms in total. The summed E-state index contributed by atoms with van der Waals surface area (Å²) in [7, 11) is 0. The average molecular weight is 614 g/mol. The first-order chi connectivity index (χ1) is 23.2. The van der Waals surface area contributed by atoms with Crippen molar-refractivity contribution in [3.05, 3.63) is 192 Å². The van der Waals surface area contributed by atoms with Gasteiger partial charge in [0.2, 0.25) is 0 Å². The second kappa shape index (κ2) is 13.2.